The van der Waals surface area contributed by atoms with Crippen LogP contribution in [0.3, 0.4) is 0 Å². The van der Waals surface area contributed by atoms with Crippen LogP contribution in [0.1, 0.15) is 58.8 Å². The lowest BCUT2D eigenvalue weighted by atomic mass is 9.71. The highest BCUT2D eigenvalue weighted by atomic mass is 16.5. The summed E-state index contributed by atoms with van der Waals surface area (Å²) in [6, 6.07) is 0.389. The van der Waals surface area contributed by atoms with Crippen LogP contribution in [0.15, 0.2) is 0 Å². The Morgan fingerprint density at radius 1 is 1.38 bits per heavy atom. The van der Waals surface area contributed by atoms with Gasteiger partial charge in [-0.3, -0.25) is 0 Å². The van der Waals surface area contributed by atoms with Gasteiger partial charge < -0.3 is 10.5 Å². The maximum atomic E-state index is 6.12. The zero-order chi connectivity index (χ0) is 11.6. The van der Waals surface area contributed by atoms with Crippen LogP contribution in [0.5, 0.6) is 0 Å². The average Bonchev–Trinajstić information content (AvgIpc) is 2.24. The van der Waals surface area contributed by atoms with Gasteiger partial charge in [0.05, 0.1) is 5.60 Å². The third kappa shape index (κ3) is 2.78. The molecule has 1 heterocycles. The number of rotatable bonds is 4. The Morgan fingerprint density at radius 3 is 2.69 bits per heavy atom. The molecule has 1 aliphatic heterocycles. The second-order valence-corrected chi connectivity index (χ2v) is 6.23. The molecule has 16 heavy (non-hydrogen) atoms. The first-order valence-electron chi connectivity index (χ1n) is 7.01. The van der Waals surface area contributed by atoms with Gasteiger partial charge in [0, 0.05) is 12.6 Å². The van der Waals surface area contributed by atoms with Crippen LogP contribution < -0.4 is 5.73 Å². The Kier molecular flexibility index (Phi) is 3.91. The Morgan fingerprint density at radius 2 is 2.12 bits per heavy atom. The minimum atomic E-state index is 0.310. The summed E-state index contributed by atoms with van der Waals surface area (Å²) in [5.74, 6) is 1.50. The zero-order valence-electron chi connectivity index (χ0n) is 10.9. The van der Waals surface area contributed by atoms with Crippen molar-refractivity contribution in [3.8, 4) is 0 Å². The highest BCUT2D eigenvalue weighted by molar-refractivity contribution is 4.94. The fourth-order valence-electron chi connectivity index (χ4n) is 3.06. The lowest BCUT2D eigenvalue weighted by Crippen LogP contribution is -2.45. The van der Waals surface area contributed by atoms with E-state index in [-0.39, 0.29) is 0 Å². The smallest absolute Gasteiger partial charge is 0.0685 e. The Balaban J connectivity index is 1.73. The van der Waals surface area contributed by atoms with Gasteiger partial charge in [-0.2, -0.15) is 0 Å². The van der Waals surface area contributed by atoms with E-state index in [0.29, 0.717) is 17.6 Å². The van der Waals surface area contributed by atoms with Gasteiger partial charge in [-0.25, -0.2) is 0 Å². The van der Waals surface area contributed by atoms with Crippen LogP contribution >= 0.6 is 0 Å². The van der Waals surface area contributed by atoms with E-state index in [0.717, 1.165) is 12.5 Å². The number of nitrogens with two attached hydrogens (primary N) is 1. The van der Waals surface area contributed by atoms with Crippen molar-refractivity contribution in [1.82, 2.24) is 0 Å². The maximum Gasteiger partial charge on any atom is 0.0685 e. The van der Waals surface area contributed by atoms with Crippen molar-refractivity contribution in [2.24, 2.45) is 17.6 Å². The van der Waals surface area contributed by atoms with Crippen LogP contribution in [-0.2, 0) is 4.74 Å². The molecule has 0 aromatic rings. The van der Waals surface area contributed by atoms with Gasteiger partial charge in [0.25, 0.3) is 0 Å². The van der Waals surface area contributed by atoms with Gasteiger partial charge in [-0.05, 0) is 56.8 Å². The molecule has 94 valence electrons. The molecule has 2 fully saturated rings. The van der Waals surface area contributed by atoms with Crippen LogP contribution in [-0.4, -0.2) is 18.2 Å². The van der Waals surface area contributed by atoms with E-state index >= 15 is 0 Å². The van der Waals surface area contributed by atoms with Crippen molar-refractivity contribution in [2.45, 2.75) is 70.4 Å². The van der Waals surface area contributed by atoms with E-state index in [1.165, 1.54) is 44.9 Å². The average molecular weight is 225 g/mol. The summed E-state index contributed by atoms with van der Waals surface area (Å²) in [4.78, 5) is 0. The lowest BCUT2D eigenvalue weighted by Gasteiger charge is -2.47. The van der Waals surface area contributed by atoms with Gasteiger partial charge in [0.2, 0.25) is 0 Å². The summed E-state index contributed by atoms with van der Waals surface area (Å²) in [5.41, 5.74) is 6.43. The van der Waals surface area contributed by atoms with E-state index in [4.69, 9.17) is 10.5 Å². The van der Waals surface area contributed by atoms with Gasteiger partial charge in [0.15, 0.2) is 0 Å². The summed E-state index contributed by atoms with van der Waals surface area (Å²) in [5, 5.41) is 0. The predicted molar refractivity (Wildman–Crippen MR) is 67.3 cm³/mol. The Labute approximate surface area is 99.9 Å². The first-order chi connectivity index (χ1) is 7.61. The van der Waals surface area contributed by atoms with Crippen molar-refractivity contribution in [2.75, 3.05) is 6.61 Å². The summed E-state index contributed by atoms with van der Waals surface area (Å²) in [6.07, 6.45) is 9.05. The fourth-order valence-corrected chi connectivity index (χ4v) is 3.06. The predicted octanol–water partition coefficient (Wildman–Crippen LogP) is 3.10. The Hall–Kier alpha value is -0.0800. The maximum absolute atomic E-state index is 6.12. The number of hydrogen-bond acceptors (Lipinski definition) is 2. The van der Waals surface area contributed by atoms with Crippen LogP contribution in [0.25, 0.3) is 0 Å². The molecule has 0 bridgehead atoms. The molecular formula is C14H27NO. The summed E-state index contributed by atoms with van der Waals surface area (Å²) >= 11 is 0. The molecule has 2 N–H and O–H groups in total. The largest absolute Gasteiger partial charge is 0.375 e. The molecule has 2 aliphatic rings. The molecule has 2 nitrogen and oxygen atoms in total. The number of ether oxygens (including phenoxy) is 1. The van der Waals surface area contributed by atoms with Crippen molar-refractivity contribution in [1.29, 1.82) is 0 Å². The molecule has 2 rings (SSSR count). The third-order valence-corrected chi connectivity index (χ3v) is 4.62. The monoisotopic (exact) mass is 225 g/mol. The van der Waals surface area contributed by atoms with E-state index in [1.54, 1.807) is 0 Å². The molecule has 2 heteroatoms. The molecule has 1 spiro atoms. The molecule has 2 unspecified atom stereocenters. The van der Waals surface area contributed by atoms with E-state index in [1.807, 2.05) is 0 Å². The SMILES string of the molecule is CC(C)C(N)CCC1CCOC2(CCC2)C1. The number of hydrogen-bond donors (Lipinski definition) is 1. The molecule has 1 aliphatic carbocycles. The van der Waals surface area contributed by atoms with Crippen molar-refractivity contribution >= 4 is 0 Å². The van der Waals surface area contributed by atoms with Crippen molar-refractivity contribution in [3.05, 3.63) is 0 Å². The van der Waals surface area contributed by atoms with Gasteiger partial charge in [0.1, 0.15) is 0 Å². The second kappa shape index (κ2) is 5.05. The van der Waals surface area contributed by atoms with Crippen LogP contribution in [0, 0.1) is 11.8 Å². The summed E-state index contributed by atoms with van der Waals surface area (Å²) < 4.78 is 5.95. The van der Waals surface area contributed by atoms with Gasteiger partial charge >= 0.3 is 0 Å². The molecule has 2 atom stereocenters. The first kappa shape index (κ1) is 12.4. The van der Waals surface area contributed by atoms with E-state index < -0.39 is 0 Å². The molecular weight excluding hydrogens is 198 g/mol. The van der Waals surface area contributed by atoms with Crippen molar-refractivity contribution in [3.63, 3.8) is 0 Å². The van der Waals surface area contributed by atoms with Crippen LogP contribution in [0.4, 0.5) is 0 Å². The minimum Gasteiger partial charge on any atom is -0.375 e. The molecule has 0 radical (unpaired) electrons. The quantitative estimate of drug-likeness (QED) is 0.798. The molecule has 0 aromatic heterocycles. The first-order valence-corrected chi connectivity index (χ1v) is 7.01. The van der Waals surface area contributed by atoms with Gasteiger partial charge in [-0.1, -0.05) is 13.8 Å². The normalized spacial score (nSPS) is 30.4. The standard InChI is InChI=1S/C14H27NO/c1-11(2)13(15)5-4-12-6-9-16-14(10-12)7-3-8-14/h11-13H,3-10,15H2,1-2H3. The van der Waals surface area contributed by atoms with E-state index in [9.17, 15) is 0 Å². The molecule has 0 amide bonds. The van der Waals surface area contributed by atoms with E-state index in [2.05, 4.69) is 13.8 Å². The minimum absolute atomic E-state index is 0.310. The fraction of sp³-hybridized carbons (Fsp3) is 1.00. The molecule has 1 saturated heterocycles. The Bertz CT molecular complexity index is 223. The van der Waals surface area contributed by atoms with Crippen LogP contribution in [0.2, 0.25) is 0 Å². The molecule has 1 saturated carbocycles. The third-order valence-electron chi connectivity index (χ3n) is 4.62. The zero-order valence-corrected chi connectivity index (χ0v) is 10.9. The lowest BCUT2D eigenvalue weighted by molar-refractivity contribution is -0.144. The highest BCUT2D eigenvalue weighted by Crippen LogP contribution is 2.45. The summed E-state index contributed by atoms with van der Waals surface area (Å²) in [6.45, 7) is 5.44. The van der Waals surface area contributed by atoms with Crippen molar-refractivity contribution < 1.29 is 4.74 Å². The topological polar surface area (TPSA) is 35.2 Å². The molecule has 0 aromatic carbocycles. The summed E-state index contributed by atoms with van der Waals surface area (Å²) in [7, 11) is 0. The highest BCUT2D eigenvalue weighted by Gasteiger charge is 2.42. The van der Waals surface area contributed by atoms with Gasteiger partial charge in [-0.15, -0.1) is 0 Å². The second-order valence-electron chi connectivity index (χ2n) is 6.23.